The van der Waals surface area contributed by atoms with Gasteiger partial charge in [-0.3, -0.25) is 4.79 Å². The maximum atomic E-state index is 12.8. The molecule has 1 fully saturated rings. The van der Waals surface area contributed by atoms with Crippen LogP contribution < -0.4 is 15.9 Å². The Hall–Kier alpha value is -3.45. The van der Waals surface area contributed by atoms with E-state index in [2.05, 4.69) is 26.2 Å². The molecule has 178 valence electrons. The van der Waals surface area contributed by atoms with Crippen molar-refractivity contribution >= 4 is 23.5 Å². The fourth-order valence-electron chi connectivity index (χ4n) is 4.46. The van der Waals surface area contributed by atoms with E-state index < -0.39 is 0 Å². The topological polar surface area (TPSA) is 124 Å². The van der Waals surface area contributed by atoms with Gasteiger partial charge in [0.05, 0.1) is 18.4 Å². The molecule has 4 rings (SSSR count). The van der Waals surface area contributed by atoms with Crippen LogP contribution >= 0.6 is 11.8 Å². The Labute approximate surface area is 203 Å². The number of anilines is 1. The third-order valence-corrected chi connectivity index (χ3v) is 7.35. The van der Waals surface area contributed by atoms with Crippen molar-refractivity contribution in [2.75, 3.05) is 24.0 Å². The van der Waals surface area contributed by atoms with E-state index in [0.29, 0.717) is 34.8 Å². The summed E-state index contributed by atoms with van der Waals surface area (Å²) in [5, 5.41) is 21.5. The van der Waals surface area contributed by atoms with E-state index >= 15 is 0 Å². The summed E-state index contributed by atoms with van der Waals surface area (Å²) in [6, 6.07) is 10.3. The molecule has 3 N–H and O–H groups in total. The van der Waals surface area contributed by atoms with Crippen LogP contribution in [-0.2, 0) is 11.2 Å². The molecule has 0 bridgehead atoms. The Morgan fingerprint density at radius 2 is 1.97 bits per heavy atom. The maximum absolute atomic E-state index is 12.8. The van der Waals surface area contributed by atoms with Crippen LogP contribution in [0.5, 0.6) is 5.75 Å². The summed E-state index contributed by atoms with van der Waals surface area (Å²) in [5.74, 6) is 8.07. The number of ether oxygens (including phenoxy) is 1. The number of nitriles is 1. The molecule has 9 nitrogen and oxygen atoms in total. The number of hydrogen-bond donors (Lipinski definition) is 2. The van der Waals surface area contributed by atoms with Crippen molar-refractivity contribution in [3.05, 3.63) is 52.5 Å². The first kappa shape index (κ1) is 23.7. The molecule has 0 aliphatic heterocycles. The molecule has 10 heteroatoms. The number of benzene rings is 1. The molecule has 34 heavy (non-hydrogen) atoms. The van der Waals surface area contributed by atoms with E-state index in [-0.39, 0.29) is 11.7 Å². The van der Waals surface area contributed by atoms with E-state index in [1.807, 2.05) is 38.1 Å². The van der Waals surface area contributed by atoms with Crippen LogP contribution in [0.1, 0.15) is 59.9 Å². The lowest BCUT2D eigenvalue weighted by Crippen LogP contribution is -2.20. The molecule has 0 unspecified atom stereocenters. The van der Waals surface area contributed by atoms with Crippen molar-refractivity contribution < 1.29 is 9.53 Å². The molecular formula is C24H29N7O2S. The zero-order valence-electron chi connectivity index (χ0n) is 19.7. The minimum atomic E-state index is -0.210. The van der Waals surface area contributed by atoms with E-state index in [1.165, 1.54) is 16.4 Å². The molecule has 1 saturated carbocycles. The maximum Gasteiger partial charge on any atom is 0.235 e. The zero-order valence-corrected chi connectivity index (χ0v) is 20.5. The van der Waals surface area contributed by atoms with Crippen molar-refractivity contribution in [2.45, 2.75) is 57.1 Å². The van der Waals surface area contributed by atoms with E-state index in [9.17, 15) is 10.1 Å². The lowest BCUT2D eigenvalue weighted by atomic mass is 10.1. The summed E-state index contributed by atoms with van der Waals surface area (Å²) in [7, 11) is 1.63. The Kier molecular flexibility index (Phi) is 7.12. The SMILES string of the molecule is COc1ccc(Cc2nnc(SCC(=O)Nc3c(C#N)c(C)c(C)n3C3CCCC3)n2N)cc1. The highest BCUT2D eigenvalue weighted by Gasteiger charge is 2.26. The number of carbonyl (C=O) groups excluding carboxylic acids is 1. The minimum absolute atomic E-state index is 0.108. The molecule has 1 aliphatic rings. The van der Waals surface area contributed by atoms with Crippen LogP contribution in [0.2, 0.25) is 0 Å². The summed E-state index contributed by atoms with van der Waals surface area (Å²) in [4.78, 5) is 12.8. The van der Waals surface area contributed by atoms with Gasteiger partial charge >= 0.3 is 0 Å². The van der Waals surface area contributed by atoms with Gasteiger partial charge in [-0.25, -0.2) is 4.68 Å². The molecule has 0 radical (unpaired) electrons. The van der Waals surface area contributed by atoms with Gasteiger partial charge in [-0.2, -0.15) is 5.26 Å². The van der Waals surface area contributed by atoms with Gasteiger partial charge in [0.1, 0.15) is 17.6 Å². The number of nitrogen functional groups attached to an aromatic ring is 1. The molecule has 1 aromatic carbocycles. The largest absolute Gasteiger partial charge is 0.497 e. The van der Waals surface area contributed by atoms with Crippen molar-refractivity contribution in [3.63, 3.8) is 0 Å². The number of thioether (sulfide) groups is 1. The molecule has 0 spiro atoms. The Morgan fingerprint density at radius 3 is 2.62 bits per heavy atom. The van der Waals surface area contributed by atoms with Gasteiger partial charge < -0.3 is 20.5 Å². The molecule has 3 aromatic rings. The first-order valence-electron chi connectivity index (χ1n) is 11.3. The number of aromatic nitrogens is 4. The number of nitrogens with one attached hydrogen (secondary N) is 1. The van der Waals surface area contributed by atoms with Gasteiger partial charge in [0, 0.05) is 18.2 Å². The van der Waals surface area contributed by atoms with Crippen molar-refractivity contribution in [3.8, 4) is 11.8 Å². The summed E-state index contributed by atoms with van der Waals surface area (Å²) < 4.78 is 8.74. The average molecular weight is 480 g/mol. The third-order valence-electron chi connectivity index (χ3n) is 6.41. The normalized spacial score (nSPS) is 13.7. The number of rotatable bonds is 8. The second-order valence-corrected chi connectivity index (χ2v) is 9.43. The quantitative estimate of drug-likeness (QED) is 0.373. The highest BCUT2D eigenvalue weighted by molar-refractivity contribution is 7.99. The van der Waals surface area contributed by atoms with Gasteiger partial charge in [-0.05, 0) is 49.9 Å². The lowest BCUT2D eigenvalue weighted by molar-refractivity contribution is -0.113. The van der Waals surface area contributed by atoms with Gasteiger partial charge in [0.2, 0.25) is 11.1 Å². The molecule has 0 atom stereocenters. The van der Waals surface area contributed by atoms with Crippen molar-refractivity contribution in [1.82, 2.24) is 19.4 Å². The number of amides is 1. The summed E-state index contributed by atoms with van der Waals surface area (Å²) in [5.41, 5.74) is 3.52. The fourth-order valence-corrected chi connectivity index (χ4v) is 5.13. The van der Waals surface area contributed by atoms with Crippen LogP contribution in [0.15, 0.2) is 29.4 Å². The van der Waals surface area contributed by atoms with Crippen LogP contribution in [0.3, 0.4) is 0 Å². The highest BCUT2D eigenvalue weighted by Crippen LogP contribution is 2.37. The number of nitrogens with zero attached hydrogens (tertiary/aromatic N) is 5. The van der Waals surface area contributed by atoms with Crippen molar-refractivity contribution in [1.29, 1.82) is 5.26 Å². The first-order valence-corrected chi connectivity index (χ1v) is 12.3. The van der Waals surface area contributed by atoms with E-state index in [1.54, 1.807) is 7.11 Å². The standard InChI is InChI=1S/C24H29N7O2S/c1-15-16(2)30(18-6-4-5-7-18)23(20(15)13-25)27-22(32)14-34-24-29-28-21(31(24)26)12-17-8-10-19(33-3)11-9-17/h8-11,18H,4-7,12,14,26H2,1-3H3,(H,27,32). The lowest BCUT2D eigenvalue weighted by Gasteiger charge is -2.19. The van der Waals surface area contributed by atoms with Gasteiger partial charge in [0.15, 0.2) is 5.82 Å². The summed E-state index contributed by atoms with van der Waals surface area (Å²) in [6.45, 7) is 3.95. The van der Waals surface area contributed by atoms with Crippen LogP contribution in [-0.4, -0.2) is 38.2 Å². The monoisotopic (exact) mass is 479 g/mol. The molecule has 1 aliphatic carbocycles. The van der Waals surface area contributed by atoms with Gasteiger partial charge in [-0.15, -0.1) is 10.2 Å². The molecular weight excluding hydrogens is 450 g/mol. The summed E-state index contributed by atoms with van der Waals surface area (Å²) >= 11 is 1.21. The molecule has 1 amide bonds. The second kappa shape index (κ2) is 10.2. The molecule has 0 saturated heterocycles. The third kappa shape index (κ3) is 4.75. The Bertz CT molecular complexity index is 1220. The number of carbonyl (C=O) groups is 1. The molecule has 2 aromatic heterocycles. The first-order chi connectivity index (χ1) is 16.4. The fraction of sp³-hybridized carbons (Fsp3) is 0.417. The van der Waals surface area contributed by atoms with Crippen LogP contribution in [0, 0.1) is 25.2 Å². The number of methoxy groups -OCH3 is 1. The summed E-state index contributed by atoms with van der Waals surface area (Å²) in [6.07, 6.45) is 4.96. The smallest absolute Gasteiger partial charge is 0.235 e. The van der Waals surface area contributed by atoms with Gasteiger partial charge in [-0.1, -0.05) is 36.7 Å². The zero-order chi connectivity index (χ0) is 24.2. The molecule has 2 heterocycles. The Morgan fingerprint density at radius 1 is 1.26 bits per heavy atom. The predicted molar refractivity (Wildman–Crippen MR) is 131 cm³/mol. The van der Waals surface area contributed by atoms with Gasteiger partial charge in [0.25, 0.3) is 0 Å². The highest BCUT2D eigenvalue weighted by atomic mass is 32.2. The average Bonchev–Trinajstić information content (AvgIpc) is 3.54. The van der Waals surface area contributed by atoms with E-state index in [0.717, 1.165) is 48.3 Å². The Balaban J connectivity index is 1.43. The van der Waals surface area contributed by atoms with Crippen LogP contribution in [0.4, 0.5) is 5.82 Å². The van der Waals surface area contributed by atoms with E-state index in [4.69, 9.17) is 10.6 Å². The predicted octanol–water partition coefficient (Wildman–Crippen LogP) is 3.73. The minimum Gasteiger partial charge on any atom is -0.497 e. The number of hydrogen-bond acceptors (Lipinski definition) is 7. The van der Waals surface area contributed by atoms with Crippen LogP contribution in [0.25, 0.3) is 0 Å². The second-order valence-electron chi connectivity index (χ2n) is 8.48. The number of nitrogens with two attached hydrogens (primary N) is 1. The van der Waals surface area contributed by atoms with Crippen molar-refractivity contribution in [2.24, 2.45) is 0 Å².